The predicted molar refractivity (Wildman–Crippen MR) is 81.0 cm³/mol. The Bertz CT molecular complexity index is 598. The first-order valence-corrected chi connectivity index (χ1v) is 7.27. The maximum absolute atomic E-state index is 9.22. The number of benzene rings is 1. The number of aliphatic hydroxyl groups is 1. The highest BCUT2D eigenvalue weighted by Gasteiger charge is 2.21. The van der Waals surface area contributed by atoms with Gasteiger partial charge < -0.3 is 20.1 Å². The van der Waals surface area contributed by atoms with Crippen molar-refractivity contribution in [3.05, 3.63) is 24.5 Å². The van der Waals surface area contributed by atoms with Gasteiger partial charge in [0.25, 0.3) is 0 Å². The van der Waals surface area contributed by atoms with Gasteiger partial charge in [0.2, 0.25) is 0 Å². The first-order valence-electron chi connectivity index (χ1n) is 7.27. The molecule has 0 saturated heterocycles. The number of nitrogen functional groups attached to an aromatic ring is 1. The zero-order chi connectivity index (χ0) is 14.1. The van der Waals surface area contributed by atoms with Crippen LogP contribution in [0.1, 0.15) is 31.7 Å². The first kappa shape index (κ1) is 13.3. The Kier molecular flexibility index (Phi) is 3.57. The van der Waals surface area contributed by atoms with Gasteiger partial charge in [-0.25, -0.2) is 0 Å². The van der Waals surface area contributed by atoms with Crippen molar-refractivity contribution in [2.24, 2.45) is 5.92 Å². The number of nitrogens with zero attached hydrogens (tertiary/aromatic N) is 1. The van der Waals surface area contributed by atoms with Crippen LogP contribution < -0.4 is 10.5 Å². The van der Waals surface area contributed by atoms with Crippen LogP contribution in [0.3, 0.4) is 0 Å². The number of nitrogens with two attached hydrogens (primary N) is 1. The summed E-state index contributed by atoms with van der Waals surface area (Å²) in [5.74, 6) is 1.23. The summed E-state index contributed by atoms with van der Waals surface area (Å²) < 4.78 is 7.58. The van der Waals surface area contributed by atoms with Gasteiger partial charge in [0, 0.05) is 35.8 Å². The number of aliphatic hydroxyl groups excluding tert-OH is 1. The van der Waals surface area contributed by atoms with Gasteiger partial charge in [-0.3, -0.25) is 0 Å². The van der Waals surface area contributed by atoms with Crippen molar-refractivity contribution in [2.75, 3.05) is 19.5 Å². The van der Waals surface area contributed by atoms with Crippen molar-refractivity contribution in [1.82, 2.24) is 4.57 Å². The van der Waals surface area contributed by atoms with Crippen LogP contribution in [0.2, 0.25) is 0 Å². The lowest BCUT2D eigenvalue weighted by Crippen LogP contribution is -2.19. The predicted octanol–water partition coefficient (Wildman–Crippen LogP) is 2.96. The van der Waals surface area contributed by atoms with E-state index in [1.165, 1.54) is 5.39 Å². The highest BCUT2D eigenvalue weighted by Crippen LogP contribution is 2.35. The molecule has 3 N–H and O–H groups in total. The van der Waals surface area contributed by atoms with Crippen LogP contribution in [0.15, 0.2) is 24.5 Å². The van der Waals surface area contributed by atoms with E-state index in [9.17, 15) is 5.11 Å². The normalized spacial score (nSPS) is 23.1. The summed E-state index contributed by atoms with van der Waals surface area (Å²) in [5, 5.41) is 11.5. The van der Waals surface area contributed by atoms with Crippen LogP contribution in [-0.4, -0.2) is 23.4 Å². The summed E-state index contributed by atoms with van der Waals surface area (Å²) in [6, 6.07) is 4.52. The Hall–Kier alpha value is -1.68. The molecule has 1 heterocycles. The molecule has 1 fully saturated rings. The van der Waals surface area contributed by atoms with Gasteiger partial charge in [-0.05, 0) is 43.7 Å². The van der Waals surface area contributed by atoms with E-state index in [1.807, 2.05) is 12.1 Å². The molecule has 0 atom stereocenters. The second-order valence-electron chi connectivity index (χ2n) is 5.79. The van der Waals surface area contributed by atoms with Gasteiger partial charge in [0.15, 0.2) is 0 Å². The van der Waals surface area contributed by atoms with E-state index in [4.69, 9.17) is 10.5 Å². The lowest BCUT2D eigenvalue weighted by Gasteiger charge is -2.28. The zero-order valence-corrected chi connectivity index (χ0v) is 11.9. The number of aromatic nitrogens is 1. The van der Waals surface area contributed by atoms with Crippen LogP contribution >= 0.6 is 0 Å². The van der Waals surface area contributed by atoms with Crippen LogP contribution in [0.25, 0.3) is 10.8 Å². The monoisotopic (exact) mass is 274 g/mol. The minimum Gasteiger partial charge on any atom is -0.495 e. The van der Waals surface area contributed by atoms with Crippen LogP contribution in [0, 0.1) is 5.92 Å². The van der Waals surface area contributed by atoms with Crippen molar-refractivity contribution in [3.8, 4) is 5.75 Å². The number of hydrogen-bond acceptors (Lipinski definition) is 3. The van der Waals surface area contributed by atoms with E-state index in [0.29, 0.717) is 24.3 Å². The molecule has 0 bridgehead atoms. The Balaban J connectivity index is 1.86. The van der Waals surface area contributed by atoms with Crippen LogP contribution in [0.4, 0.5) is 5.69 Å². The van der Waals surface area contributed by atoms with Crippen LogP contribution in [0.5, 0.6) is 5.75 Å². The van der Waals surface area contributed by atoms with E-state index in [2.05, 4.69) is 17.0 Å². The summed E-state index contributed by atoms with van der Waals surface area (Å²) in [5.41, 5.74) is 6.64. The van der Waals surface area contributed by atoms with Crippen molar-refractivity contribution in [2.45, 2.75) is 31.7 Å². The minimum absolute atomic E-state index is 0.327. The molecule has 0 spiro atoms. The molecule has 4 nitrogen and oxygen atoms in total. The van der Waals surface area contributed by atoms with Gasteiger partial charge in [-0.2, -0.15) is 0 Å². The molecule has 1 saturated carbocycles. The molecule has 0 unspecified atom stereocenters. The molecule has 0 amide bonds. The smallest absolute Gasteiger partial charge is 0.142 e. The highest BCUT2D eigenvalue weighted by molar-refractivity contribution is 5.88. The van der Waals surface area contributed by atoms with Gasteiger partial charge in [-0.15, -0.1) is 0 Å². The summed E-state index contributed by atoms with van der Waals surface area (Å²) in [6.45, 7) is 0.327. The molecular formula is C16H22N2O2. The fourth-order valence-corrected chi connectivity index (χ4v) is 3.23. The topological polar surface area (TPSA) is 60.4 Å². The molecule has 1 aliphatic rings. The van der Waals surface area contributed by atoms with Gasteiger partial charge >= 0.3 is 0 Å². The van der Waals surface area contributed by atoms with Gasteiger partial charge in [0.05, 0.1) is 12.8 Å². The molecule has 3 rings (SSSR count). The van der Waals surface area contributed by atoms with Crippen molar-refractivity contribution in [3.63, 3.8) is 0 Å². The lowest BCUT2D eigenvalue weighted by atomic mass is 9.86. The molecule has 1 aromatic heterocycles. The molecular weight excluding hydrogens is 252 g/mol. The van der Waals surface area contributed by atoms with E-state index < -0.39 is 0 Å². The summed E-state index contributed by atoms with van der Waals surface area (Å²) in [4.78, 5) is 0. The van der Waals surface area contributed by atoms with E-state index in [0.717, 1.165) is 36.8 Å². The molecule has 1 aliphatic carbocycles. The highest BCUT2D eigenvalue weighted by atomic mass is 16.5. The molecule has 20 heavy (non-hydrogen) atoms. The third-order valence-electron chi connectivity index (χ3n) is 4.51. The second kappa shape index (κ2) is 5.37. The Morgan fingerprint density at radius 3 is 2.45 bits per heavy atom. The maximum atomic E-state index is 9.22. The average molecular weight is 274 g/mol. The molecule has 0 aliphatic heterocycles. The van der Waals surface area contributed by atoms with Gasteiger partial charge in [-0.1, -0.05) is 0 Å². The number of rotatable bonds is 3. The van der Waals surface area contributed by atoms with E-state index in [1.54, 1.807) is 7.11 Å². The largest absolute Gasteiger partial charge is 0.495 e. The van der Waals surface area contributed by atoms with E-state index >= 15 is 0 Å². The minimum atomic E-state index is 0.327. The average Bonchev–Trinajstić information content (AvgIpc) is 2.89. The number of methoxy groups -OCH3 is 1. The Labute approximate surface area is 119 Å². The third kappa shape index (κ3) is 2.36. The van der Waals surface area contributed by atoms with Gasteiger partial charge in [0.1, 0.15) is 5.75 Å². The summed E-state index contributed by atoms with van der Waals surface area (Å²) in [6.07, 6.45) is 8.86. The Morgan fingerprint density at radius 2 is 1.85 bits per heavy atom. The molecule has 108 valence electrons. The number of anilines is 1. The molecule has 2 aromatic rings. The molecule has 1 aromatic carbocycles. The standard InChI is InChI=1S/C16H22N2O2/c1-20-16-7-13-9-18(8-12(13)6-15(16)17)14-4-2-11(10-19)3-5-14/h6-9,11,14,19H,2-5,10,17H2,1H3. The number of fused-ring (bicyclic) bond motifs is 1. The fraction of sp³-hybridized carbons (Fsp3) is 0.500. The molecule has 0 radical (unpaired) electrons. The summed E-state index contributed by atoms with van der Waals surface area (Å²) >= 11 is 0. The maximum Gasteiger partial charge on any atom is 0.142 e. The molecule has 4 heteroatoms. The second-order valence-corrected chi connectivity index (χ2v) is 5.79. The van der Waals surface area contributed by atoms with Crippen molar-refractivity contribution in [1.29, 1.82) is 0 Å². The van der Waals surface area contributed by atoms with Crippen molar-refractivity contribution < 1.29 is 9.84 Å². The zero-order valence-electron chi connectivity index (χ0n) is 11.9. The number of hydrogen-bond donors (Lipinski definition) is 2. The number of ether oxygens (including phenoxy) is 1. The van der Waals surface area contributed by atoms with E-state index in [-0.39, 0.29) is 0 Å². The van der Waals surface area contributed by atoms with Crippen molar-refractivity contribution >= 4 is 16.5 Å². The first-order chi connectivity index (χ1) is 9.71. The SMILES string of the molecule is COc1cc2cn(C3CCC(CO)CC3)cc2cc1N. The summed E-state index contributed by atoms with van der Waals surface area (Å²) in [7, 11) is 1.64. The third-order valence-corrected chi connectivity index (χ3v) is 4.51. The fourth-order valence-electron chi connectivity index (χ4n) is 3.23. The lowest BCUT2D eigenvalue weighted by molar-refractivity contribution is 0.169. The Morgan fingerprint density at radius 1 is 1.20 bits per heavy atom. The van der Waals surface area contributed by atoms with Crippen LogP contribution in [-0.2, 0) is 0 Å². The quantitative estimate of drug-likeness (QED) is 0.846.